The zero-order chi connectivity index (χ0) is 19.7. The van der Waals surface area contributed by atoms with E-state index in [0.717, 1.165) is 9.88 Å². The number of hydrogen-bond acceptors (Lipinski definition) is 7. The summed E-state index contributed by atoms with van der Waals surface area (Å²) in [7, 11) is 1.73. The SMILES string of the molecule is Cn1cc(NC(=O)c2csc(-c3cccs3)n2)c(N2CCN(CCO)C2=O)n1. The molecule has 2 N–H and O–H groups in total. The van der Waals surface area contributed by atoms with Crippen LogP contribution >= 0.6 is 22.7 Å². The number of aliphatic hydroxyl groups excluding tert-OH is 1. The fourth-order valence-electron chi connectivity index (χ4n) is 2.95. The molecule has 11 heteroatoms. The number of urea groups is 1. The number of β-amino-alcohol motifs (C(OH)–C–C–N with tert-alkyl or cyclic N) is 1. The molecule has 0 aliphatic carbocycles. The van der Waals surface area contributed by atoms with Crippen LogP contribution in [0, 0.1) is 0 Å². The standard InChI is InChI=1S/C17H18N6O3S2/c1-21-9-11(14(20-21)23-5-4-22(6-7-24)17(23)26)18-15(25)12-10-28-16(19-12)13-3-2-8-27-13/h2-3,8-10,24H,4-7H2,1H3,(H,18,25). The lowest BCUT2D eigenvalue weighted by Crippen LogP contribution is -2.34. The lowest BCUT2D eigenvalue weighted by atomic mass is 10.4. The number of hydrogen-bond donors (Lipinski definition) is 2. The van der Waals surface area contributed by atoms with Gasteiger partial charge in [0.25, 0.3) is 5.91 Å². The Kier molecular flexibility index (Phi) is 5.11. The Labute approximate surface area is 168 Å². The maximum absolute atomic E-state index is 12.7. The van der Waals surface area contributed by atoms with E-state index in [-0.39, 0.29) is 25.1 Å². The molecule has 1 aliphatic heterocycles. The van der Waals surface area contributed by atoms with Crippen LogP contribution in [0.2, 0.25) is 0 Å². The van der Waals surface area contributed by atoms with Gasteiger partial charge in [0, 0.05) is 32.1 Å². The van der Waals surface area contributed by atoms with Crippen LogP contribution in [-0.4, -0.2) is 63.0 Å². The average Bonchev–Trinajstić information content (AvgIpc) is 3.44. The lowest BCUT2D eigenvalue weighted by molar-refractivity contribution is 0.102. The van der Waals surface area contributed by atoms with Crippen molar-refractivity contribution in [3.63, 3.8) is 0 Å². The van der Waals surface area contributed by atoms with Gasteiger partial charge in [-0.2, -0.15) is 5.10 Å². The van der Waals surface area contributed by atoms with Crippen molar-refractivity contribution >= 4 is 46.1 Å². The third-order valence-electron chi connectivity index (χ3n) is 4.25. The topological polar surface area (TPSA) is 104 Å². The molecular weight excluding hydrogens is 400 g/mol. The summed E-state index contributed by atoms with van der Waals surface area (Å²) in [6.07, 6.45) is 1.65. The van der Waals surface area contributed by atoms with Crippen LogP contribution in [0.1, 0.15) is 10.5 Å². The highest BCUT2D eigenvalue weighted by Crippen LogP contribution is 2.30. The number of aromatic nitrogens is 3. The van der Waals surface area contributed by atoms with E-state index in [1.807, 2.05) is 17.5 Å². The molecule has 0 bridgehead atoms. The molecular formula is C17H18N6O3S2. The predicted molar refractivity (Wildman–Crippen MR) is 108 cm³/mol. The Morgan fingerprint density at radius 2 is 2.21 bits per heavy atom. The van der Waals surface area contributed by atoms with Crippen molar-refractivity contribution in [2.75, 3.05) is 36.5 Å². The van der Waals surface area contributed by atoms with Gasteiger partial charge in [-0.15, -0.1) is 22.7 Å². The molecule has 1 fully saturated rings. The molecule has 0 spiro atoms. The van der Waals surface area contributed by atoms with Gasteiger partial charge in [0.2, 0.25) is 0 Å². The number of carbonyl (C=O) groups is 2. The Morgan fingerprint density at radius 3 is 2.96 bits per heavy atom. The molecule has 1 saturated heterocycles. The molecule has 0 radical (unpaired) electrons. The Hall–Kier alpha value is -2.76. The summed E-state index contributed by atoms with van der Waals surface area (Å²) in [5, 5.41) is 20.7. The summed E-state index contributed by atoms with van der Waals surface area (Å²) in [5.41, 5.74) is 0.759. The van der Waals surface area contributed by atoms with Crippen LogP contribution in [0.15, 0.2) is 29.1 Å². The van der Waals surface area contributed by atoms with E-state index in [4.69, 9.17) is 5.11 Å². The summed E-state index contributed by atoms with van der Waals surface area (Å²) in [5.74, 6) is 0.0298. The lowest BCUT2D eigenvalue weighted by Gasteiger charge is -2.17. The van der Waals surface area contributed by atoms with Crippen molar-refractivity contribution in [1.82, 2.24) is 19.7 Å². The Balaban J connectivity index is 1.53. The van der Waals surface area contributed by atoms with Crippen molar-refractivity contribution in [3.8, 4) is 9.88 Å². The van der Waals surface area contributed by atoms with E-state index in [2.05, 4.69) is 15.4 Å². The van der Waals surface area contributed by atoms with Crippen LogP contribution in [0.4, 0.5) is 16.3 Å². The van der Waals surface area contributed by atoms with E-state index in [9.17, 15) is 9.59 Å². The largest absolute Gasteiger partial charge is 0.395 e. The molecule has 3 aromatic heterocycles. The highest BCUT2D eigenvalue weighted by Gasteiger charge is 2.32. The maximum Gasteiger partial charge on any atom is 0.325 e. The first-order valence-electron chi connectivity index (χ1n) is 8.58. The Morgan fingerprint density at radius 1 is 1.36 bits per heavy atom. The normalized spacial score (nSPS) is 14.1. The fraction of sp³-hybridized carbons (Fsp3) is 0.294. The third-order valence-corrected chi connectivity index (χ3v) is 6.13. The van der Waals surface area contributed by atoms with Crippen molar-refractivity contribution in [2.24, 2.45) is 7.05 Å². The van der Waals surface area contributed by atoms with Crippen molar-refractivity contribution in [1.29, 1.82) is 0 Å². The van der Waals surface area contributed by atoms with Crippen LogP contribution < -0.4 is 10.2 Å². The molecule has 0 unspecified atom stereocenters. The molecule has 0 aromatic carbocycles. The average molecular weight is 419 g/mol. The second-order valence-corrected chi connectivity index (χ2v) is 7.96. The quantitative estimate of drug-likeness (QED) is 0.638. The minimum Gasteiger partial charge on any atom is -0.395 e. The summed E-state index contributed by atoms with van der Waals surface area (Å²) in [4.78, 5) is 33.7. The summed E-state index contributed by atoms with van der Waals surface area (Å²) >= 11 is 2.98. The second kappa shape index (κ2) is 7.70. The first-order chi connectivity index (χ1) is 13.6. The number of thiophene rings is 1. The zero-order valence-corrected chi connectivity index (χ0v) is 16.7. The van der Waals surface area contributed by atoms with Crippen LogP contribution in [0.3, 0.4) is 0 Å². The van der Waals surface area contributed by atoms with Crippen molar-refractivity contribution < 1.29 is 14.7 Å². The molecule has 4 heterocycles. The third kappa shape index (κ3) is 3.51. The van der Waals surface area contributed by atoms with Crippen LogP contribution in [0.25, 0.3) is 9.88 Å². The molecule has 1 aliphatic rings. The van der Waals surface area contributed by atoms with Gasteiger partial charge in [-0.05, 0) is 11.4 Å². The van der Waals surface area contributed by atoms with Gasteiger partial charge in [0.15, 0.2) is 5.82 Å². The number of nitrogens with one attached hydrogen (secondary N) is 1. The molecule has 4 rings (SSSR count). The van der Waals surface area contributed by atoms with Gasteiger partial charge < -0.3 is 15.3 Å². The van der Waals surface area contributed by atoms with Crippen molar-refractivity contribution in [3.05, 3.63) is 34.8 Å². The van der Waals surface area contributed by atoms with Crippen LogP contribution in [0.5, 0.6) is 0 Å². The molecule has 146 valence electrons. The van der Waals surface area contributed by atoms with Gasteiger partial charge in [0.05, 0.1) is 17.7 Å². The second-order valence-electron chi connectivity index (χ2n) is 6.15. The zero-order valence-electron chi connectivity index (χ0n) is 15.0. The summed E-state index contributed by atoms with van der Waals surface area (Å²) in [6, 6.07) is 3.66. The van der Waals surface area contributed by atoms with E-state index in [1.54, 1.807) is 39.5 Å². The molecule has 0 atom stereocenters. The monoisotopic (exact) mass is 418 g/mol. The van der Waals surface area contributed by atoms with E-state index in [0.29, 0.717) is 30.3 Å². The predicted octanol–water partition coefficient (Wildman–Crippen LogP) is 2.09. The number of aliphatic hydroxyl groups is 1. The highest BCUT2D eigenvalue weighted by molar-refractivity contribution is 7.20. The minimum absolute atomic E-state index is 0.0954. The van der Waals surface area contributed by atoms with Crippen LogP contribution in [-0.2, 0) is 7.05 Å². The minimum atomic E-state index is -0.354. The van der Waals surface area contributed by atoms with E-state index in [1.165, 1.54) is 16.2 Å². The number of thiazole rings is 1. The Bertz CT molecular complexity index is 997. The number of carbonyl (C=O) groups excluding carboxylic acids is 2. The summed E-state index contributed by atoms with van der Waals surface area (Å²) < 4.78 is 1.55. The van der Waals surface area contributed by atoms with Gasteiger partial charge in [-0.3, -0.25) is 14.4 Å². The number of nitrogens with zero attached hydrogens (tertiary/aromatic N) is 5. The molecule has 3 amide bonds. The maximum atomic E-state index is 12.7. The summed E-state index contributed by atoms with van der Waals surface area (Å²) in [6.45, 7) is 1.12. The molecule has 28 heavy (non-hydrogen) atoms. The number of amides is 3. The van der Waals surface area contributed by atoms with E-state index >= 15 is 0 Å². The van der Waals surface area contributed by atoms with Gasteiger partial charge in [-0.1, -0.05) is 6.07 Å². The molecule has 3 aromatic rings. The van der Waals surface area contributed by atoms with E-state index < -0.39 is 0 Å². The van der Waals surface area contributed by atoms with Gasteiger partial charge >= 0.3 is 6.03 Å². The highest BCUT2D eigenvalue weighted by atomic mass is 32.1. The smallest absolute Gasteiger partial charge is 0.325 e. The first-order valence-corrected chi connectivity index (χ1v) is 10.3. The van der Waals surface area contributed by atoms with Gasteiger partial charge in [-0.25, -0.2) is 9.78 Å². The molecule has 9 nitrogen and oxygen atoms in total. The number of anilines is 2. The van der Waals surface area contributed by atoms with Crippen molar-refractivity contribution in [2.45, 2.75) is 0 Å². The number of aryl methyl sites for hydroxylation is 1. The molecule has 0 saturated carbocycles. The van der Waals surface area contributed by atoms with Gasteiger partial charge in [0.1, 0.15) is 16.4 Å². The first kappa shape index (κ1) is 18.6. The fourth-order valence-corrected chi connectivity index (χ4v) is 4.56. The number of rotatable bonds is 6.